The van der Waals surface area contributed by atoms with Gasteiger partial charge in [-0.15, -0.1) is 0 Å². The highest BCUT2D eigenvalue weighted by Crippen LogP contribution is 2.34. The Morgan fingerprint density at radius 2 is 1.17 bits per heavy atom. The summed E-state index contributed by atoms with van der Waals surface area (Å²) in [4.78, 5) is 24.5. The van der Waals surface area contributed by atoms with Crippen molar-refractivity contribution in [2.45, 2.75) is 9.79 Å². The first-order valence-corrected chi connectivity index (χ1v) is 12.5. The lowest BCUT2D eigenvalue weighted by Gasteiger charge is -2.13. The molecular formula is C26H15BrF2O6S. The fourth-order valence-electron chi connectivity index (χ4n) is 3.08. The molecule has 0 amide bonds. The van der Waals surface area contributed by atoms with Crippen LogP contribution in [0.2, 0.25) is 0 Å². The highest BCUT2D eigenvalue weighted by atomic mass is 79.9. The van der Waals surface area contributed by atoms with Gasteiger partial charge in [0, 0.05) is 10.5 Å². The van der Waals surface area contributed by atoms with Gasteiger partial charge in [0.1, 0.15) is 22.3 Å². The molecule has 0 radical (unpaired) electrons. The molecule has 10 heteroatoms. The van der Waals surface area contributed by atoms with Crippen molar-refractivity contribution in [3.63, 3.8) is 0 Å². The van der Waals surface area contributed by atoms with Gasteiger partial charge in [0.2, 0.25) is 9.84 Å². The van der Waals surface area contributed by atoms with Gasteiger partial charge in [0.15, 0.2) is 5.75 Å². The van der Waals surface area contributed by atoms with Crippen molar-refractivity contribution in [1.82, 2.24) is 0 Å². The third-order valence-corrected chi connectivity index (χ3v) is 7.22. The molecule has 0 aliphatic rings. The van der Waals surface area contributed by atoms with Crippen LogP contribution in [-0.2, 0) is 9.84 Å². The fourth-order valence-corrected chi connectivity index (χ4v) is 4.74. The quantitative estimate of drug-likeness (QED) is 0.208. The predicted octanol–water partition coefficient (Wildman–Crippen LogP) is 6.00. The Hall–Kier alpha value is -3.89. The van der Waals surface area contributed by atoms with Crippen molar-refractivity contribution in [3.8, 4) is 11.5 Å². The number of ether oxygens (including phenoxy) is 2. The summed E-state index contributed by atoms with van der Waals surface area (Å²) in [6.45, 7) is 0. The monoisotopic (exact) mass is 572 g/mol. The number of carbonyl (C=O) groups excluding carboxylic acids is 2. The molecule has 182 valence electrons. The molecule has 0 aliphatic carbocycles. The minimum absolute atomic E-state index is 0.00444. The smallest absolute Gasteiger partial charge is 0.343 e. The average Bonchev–Trinajstić information content (AvgIpc) is 2.86. The fraction of sp³-hybridized carbons (Fsp3) is 0. The predicted molar refractivity (Wildman–Crippen MR) is 129 cm³/mol. The van der Waals surface area contributed by atoms with Crippen molar-refractivity contribution >= 4 is 37.7 Å². The van der Waals surface area contributed by atoms with Crippen LogP contribution in [0.1, 0.15) is 20.7 Å². The Bertz CT molecular complexity index is 1540. The molecule has 0 unspecified atom stereocenters. The molecule has 6 nitrogen and oxygen atoms in total. The Balaban J connectivity index is 1.72. The number of carbonyl (C=O) groups is 2. The van der Waals surface area contributed by atoms with Crippen molar-refractivity contribution in [1.29, 1.82) is 0 Å². The second-order valence-corrected chi connectivity index (χ2v) is 10.2. The lowest BCUT2D eigenvalue weighted by Crippen LogP contribution is -2.13. The SMILES string of the molecule is O=C(Oc1ccc(OC(=O)c2ccc(F)cc2)c(S(=O)(=O)c2ccc(Br)cc2)c1)c1ccc(F)cc1. The molecule has 4 aromatic carbocycles. The summed E-state index contributed by atoms with van der Waals surface area (Å²) in [5.74, 6) is -3.34. The lowest BCUT2D eigenvalue weighted by atomic mass is 10.2. The number of hydrogen-bond acceptors (Lipinski definition) is 6. The van der Waals surface area contributed by atoms with Crippen LogP contribution in [0.5, 0.6) is 11.5 Å². The summed E-state index contributed by atoms with van der Waals surface area (Å²) < 4.78 is 64.5. The van der Waals surface area contributed by atoms with E-state index >= 15 is 0 Å². The topological polar surface area (TPSA) is 86.7 Å². The lowest BCUT2D eigenvalue weighted by molar-refractivity contribution is 0.0715. The maximum atomic E-state index is 13.4. The standard InChI is InChI=1S/C26H15BrF2O6S/c27-18-5-12-22(13-6-18)36(32,33)24-15-21(34-25(30)16-1-7-19(28)8-2-16)11-14-23(24)35-26(31)17-3-9-20(29)10-4-17/h1-15H. The van der Waals surface area contributed by atoms with E-state index in [0.717, 1.165) is 30.3 Å². The van der Waals surface area contributed by atoms with Crippen LogP contribution in [0.3, 0.4) is 0 Å². The van der Waals surface area contributed by atoms with Gasteiger partial charge in [0.25, 0.3) is 0 Å². The first kappa shape index (κ1) is 25.2. The molecule has 0 fully saturated rings. The zero-order valence-corrected chi connectivity index (χ0v) is 20.6. The second kappa shape index (κ2) is 10.4. The summed E-state index contributed by atoms with van der Waals surface area (Å²) in [6.07, 6.45) is 0. The summed E-state index contributed by atoms with van der Waals surface area (Å²) in [5.41, 5.74) is 0.0377. The Morgan fingerprint density at radius 3 is 1.69 bits per heavy atom. The molecule has 0 spiro atoms. The molecule has 4 rings (SSSR count). The van der Waals surface area contributed by atoms with Crippen molar-refractivity contribution < 1.29 is 36.3 Å². The Morgan fingerprint density at radius 1 is 0.667 bits per heavy atom. The number of benzene rings is 4. The molecule has 0 atom stereocenters. The highest BCUT2D eigenvalue weighted by molar-refractivity contribution is 9.10. The van der Waals surface area contributed by atoms with Crippen LogP contribution in [-0.4, -0.2) is 20.4 Å². The molecule has 4 aromatic rings. The number of rotatable bonds is 6. The van der Waals surface area contributed by atoms with Crippen LogP contribution in [0, 0.1) is 11.6 Å². The van der Waals surface area contributed by atoms with Crippen molar-refractivity contribution in [3.05, 3.63) is 118 Å². The van der Waals surface area contributed by atoms with Crippen LogP contribution in [0.25, 0.3) is 0 Å². The number of esters is 2. The first-order valence-electron chi connectivity index (χ1n) is 10.2. The first-order chi connectivity index (χ1) is 17.1. The molecular weight excluding hydrogens is 558 g/mol. The molecule has 36 heavy (non-hydrogen) atoms. The zero-order chi connectivity index (χ0) is 25.9. The maximum absolute atomic E-state index is 13.4. The zero-order valence-electron chi connectivity index (χ0n) is 18.2. The van der Waals surface area contributed by atoms with E-state index in [9.17, 15) is 26.8 Å². The second-order valence-electron chi connectivity index (χ2n) is 7.36. The van der Waals surface area contributed by atoms with Crippen LogP contribution < -0.4 is 9.47 Å². The van der Waals surface area contributed by atoms with Gasteiger partial charge < -0.3 is 9.47 Å². The minimum Gasteiger partial charge on any atom is -0.423 e. The third-order valence-electron chi connectivity index (χ3n) is 4.90. The van der Waals surface area contributed by atoms with Crippen molar-refractivity contribution in [2.75, 3.05) is 0 Å². The Kier molecular flexibility index (Phi) is 7.27. The molecule has 0 heterocycles. The minimum atomic E-state index is -4.25. The number of hydrogen-bond donors (Lipinski definition) is 0. The van der Waals surface area contributed by atoms with E-state index in [0.29, 0.717) is 4.47 Å². The maximum Gasteiger partial charge on any atom is 0.343 e. The van der Waals surface area contributed by atoms with Gasteiger partial charge in [0.05, 0.1) is 16.0 Å². The van der Waals surface area contributed by atoms with Gasteiger partial charge >= 0.3 is 11.9 Å². The van der Waals surface area contributed by atoms with E-state index < -0.39 is 38.3 Å². The normalized spacial score (nSPS) is 11.1. The van der Waals surface area contributed by atoms with E-state index in [4.69, 9.17) is 9.47 Å². The van der Waals surface area contributed by atoms with Gasteiger partial charge in [-0.05, 0) is 84.9 Å². The molecule has 0 aliphatic heterocycles. The van der Waals surface area contributed by atoms with E-state index in [1.807, 2.05) is 0 Å². The van der Waals surface area contributed by atoms with E-state index in [1.165, 1.54) is 60.7 Å². The Labute approximate surface area is 213 Å². The molecule has 0 N–H and O–H groups in total. The number of sulfone groups is 1. The summed E-state index contributed by atoms with van der Waals surface area (Å²) in [6, 6.07) is 18.3. The summed E-state index contributed by atoms with van der Waals surface area (Å²) >= 11 is 3.24. The van der Waals surface area contributed by atoms with Crippen molar-refractivity contribution in [2.24, 2.45) is 0 Å². The van der Waals surface area contributed by atoms with Crippen LogP contribution in [0.15, 0.2) is 105 Å². The van der Waals surface area contributed by atoms with Gasteiger partial charge in [-0.3, -0.25) is 0 Å². The highest BCUT2D eigenvalue weighted by Gasteiger charge is 2.26. The third kappa shape index (κ3) is 5.67. The van der Waals surface area contributed by atoms with E-state index in [-0.39, 0.29) is 27.5 Å². The van der Waals surface area contributed by atoms with Gasteiger partial charge in [-0.2, -0.15) is 0 Å². The van der Waals surface area contributed by atoms with Crippen LogP contribution >= 0.6 is 15.9 Å². The number of halogens is 3. The average molecular weight is 573 g/mol. The summed E-state index contributed by atoms with van der Waals surface area (Å²) in [7, 11) is -4.25. The van der Waals surface area contributed by atoms with Gasteiger partial charge in [-0.1, -0.05) is 15.9 Å². The molecule has 0 aromatic heterocycles. The molecule has 0 bridgehead atoms. The van der Waals surface area contributed by atoms with Gasteiger partial charge in [-0.25, -0.2) is 26.8 Å². The van der Waals surface area contributed by atoms with E-state index in [2.05, 4.69) is 15.9 Å². The van der Waals surface area contributed by atoms with E-state index in [1.54, 1.807) is 0 Å². The summed E-state index contributed by atoms with van der Waals surface area (Å²) in [5, 5.41) is 0. The van der Waals surface area contributed by atoms with Crippen LogP contribution in [0.4, 0.5) is 8.78 Å². The molecule has 0 saturated heterocycles. The molecule has 0 saturated carbocycles. The largest absolute Gasteiger partial charge is 0.423 e.